The lowest BCUT2D eigenvalue weighted by atomic mass is 10.2. The van der Waals surface area contributed by atoms with Crippen LogP contribution in [0.25, 0.3) is 0 Å². The highest BCUT2D eigenvalue weighted by molar-refractivity contribution is 5.99. The molecule has 31 heavy (non-hydrogen) atoms. The number of hydrogen-bond donors (Lipinski definition) is 1. The molecule has 4 heteroatoms. The molecule has 4 aromatic carbocycles. The van der Waals surface area contributed by atoms with Gasteiger partial charge in [-0.25, -0.2) is 4.79 Å². The summed E-state index contributed by atoms with van der Waals surface area (Å²) < 4.78 is 0. The molecule has 0 spiro atoms. The van der Waals surface area contributed by atoms with E-state index in [1.54, 1.807) is 4.90 Å². The molecule has 0 fully saturated rings. The third-order valence-corrected chi connectivity index (χ3v) is 4.98. The number of amides is 2. The molecular weight excluding hydrogens is 382 g/mol. The Morgan fingerprint density at radius 2 is 0.903 bits per heavy atom. The Kier molecular flexibility index (Phi) is 6.61. The van der Waals surface area contributed by atoms with Gasteiger partial charge in [0.1, 0.15) is 0 Å². The summed E-state index contributed by atoms with van der Waals surface area (Å²) in [7, 11) is 0. The minimum absolute atomic E-state index is 0.154. The van der Waals surface area contributed by atoms with E-state index in [0.717, 1.165) is 22.7 Å². The van der Waals surface area contributed by atoms with Crippen molar-refractivity contribution >= 4 is 28.8 Å². The number of anilines is 4. The van der Waals surface area contributed by atoms with Crippen molar-refractivity contribution in [2.24, 2.45) is 0 Å². The van der Waals surface area contributed by atoms with Crippen molar-refractivity contribution in [2.45, 2.75) is 0 Å². The lowest BCUT2D eigenvalue weighted by Gasteiger charge is -2.27. The van der Waals surface area contributed by atoms with E-state index in [-0.39, 0.29) is 6.03 Å². The molecule has 0 radical (unpaired) electrons. The number of hydrogen-bond acceptors (Lipinski definition) is 2. The van der Waals surface area contributed by atoms with Gasteiger partial charge in [-0.05, 0) is 48.5 Å². The van der Waals surface area contributed by atoms with Gasteiger partial charge in [0.25, 0.3) is 0 Å². The van der Waals surface area contributed by atoms with Gasteiger partial charge < -0.3 is 10.2 Å². The summed E-state index contributed by atoms with van der Waals surface area (Å²) in [6.07, 6.45) is 0. The van der Waals surface area contributed by atoms with Gasteiger partial charge in [-0.15, -0.1) is 0 Å². The van der Waals surface area contributed by atoms with Gasteiger partial charge in [-0.3, -0.25) is 4.90 Å². The number of carbonyl (C=O) groups excluding carboxylic acids is 1. The van der Waals surface area contributed by atoms with Crippen LogP contribution in [0.5, 0.6) is 0 Å². The molecule has 0 saturated carbocycles. The molecule has 0 aliphatic rings. The average molecular weight is 408 g/mol. The molecule has 154 valence electrons. The minimum atomic E-state index is -0.154. The second kappa shape index (κ2) is 10.1. The van der Waals surface area contributed by atoms with Crippen molar-refractivity contribution in [1.82, 2.24) is 5.32 Å². The summed E-state index contributed by atoms with van der Waals surface area (Å²) >= 11 is 0. The van der Waals surface area contributed by atoms with Crippen LogP contribution in [0.1, 0.15) is 0 Å². The number of urea groups is 1. The molecule has 0 heterocycles. The lowest BCUT2D eigenvalue weighted by Crippen LogP contribution is -2.40. The Balaban J connectivity index is 1.50. The molecule has 1 N–H and O–H groups in total. The number of para-hydroxylation sites is 4. The van der Waals surface area contributed by atoms with Gasteiger partial charge in [0.05, 0.1) is 11.4 Å². The van der Waals surface area contributed by atoms with Crippen LogP contribution in [-0.2, 0) is 0 Å². The number of nitrogens with one attached hydrogen (secondary N) is 1. The molecule has 0 atom stereocenters. The lowest BCUT2D eigenvalue weighted by molar-refractivity contribution is 0.249. The second-order valence-electron chi connectivity index (χ2n) is 7.06. The normalized spacial score (nSPS) is 10.3. The molecule has 0 unspecified atom stereocenters. The van der Waals surface area contributed by atoms with Crippen molar-refractivity contribution in [3.63, 3.8) is 0 Å². The average Bonchev–Trinajstić information content (AvgIpc) is 2.84. The van der Waals surface area contributed by atoms with Crippen LogP contribution in [0.15, 0.2) is 121 Å². The smallest absolute Gasteiger partial charge is 0.326 e. The summed E-state index contributed by atoms with van der Waals surface area (Å²) in [5.74, 6) is 0. The first-order valence-electron chi connectivity index (χ1n) is 10.4. The van der Waals surface area contributed by atoms with Crippen molar-refractivity contribution in [3.8, 4) is 0 Å². The molecular formula is C27H25N3O. The summed E-state index contributed by atoms with van der Waals surface area (Å²) in [5, 5.41) is 3.10. The van der Waals surface area contributed by atoms with Crippen LogP contribution >= 0.6 is 0 Å². The van der Waals surface area contributed by atoms with Crippen LogP contribution < -0.4 is 15.1 Å². The molecule has 2 amide bonds. The van der Waals surface area contributed by atoms with E-state index in [0.29, 0.717) is 13.1 Å². The van der Waals surface area contributed by atoms with E-state index in [4.69, 9.17) is 0 Å². The molecule has 4 aromatic rings. The predicted molar refractivity (Wildman–Crippen MR) is 128 cm³/mol. The number of nitrogens with zero attached hydrogens (tertiary/aromatic N) is 2. The Hall–Kier alpha value is -4.05. The standard InChI is InChI=1S/C27H25N3O/c31-27(30(25-17-9-3-10-18-25)26-19-11-4-12-20-26)28-21-22-29(23-13-5-1-6-14-23)24-15-7-2-8-16-24/h1-20H,21-22H2,(H,28,31). The largest absolute Gasteiger partial charge is 0.340 e. The van der Waals surface area contributed by atoms with Gasteiger partial charge in [0, 0.05) is 24.5 Å². The topological polar surface area (TPSA) is 35.6 Å². The summed E-state index contributed by atoms with van der Waals surface area (Å²) in [6.45, 7) is 1.15. The summed E-state index contributed by atoms with van der Waals surface area (Å²) in [6, 6.07) is 39.7. The van der Waals surface area contributed by atoms with E-state index in [1.807, 2.05) is 97.1 Å². The van der Waals surface area contributed by atoms with E-state index < -0.39 is 0 Å². The monoisotopic (exact) mass is 407 g/mol. The molecule has 0 aliphatic heterocycles. The maximum Gasteiger partial charge on any atom is 0.326 e. The zero-order chi connectivity index (χ0) is 21.3. The molecule has 0 aromatic heterocycles. The van der Waals surface area contributed by atoms with Crippen LogP contribution in [0.3, 0.4) is 0 Å². The predicted octanol–water partition coefficient (Wildman–Crippen LogP) is 6.37. The first-order valence-corrected chi connectivity index (χ1v) is 10.4. The van der Waals surface area contributed by atoms with Crippen LogP contribution in [0.2, 0.25) is 0 Å². The Labute approximate surface area is 183 Å². The van der Waals surface area contributed by atoms with Gasteiger partial charge >= 0.3 is 6.03 Å². The molecule has 0 saturated heterocycles. The minimum Gasteiger partial charge on any atom is -0.340 e. The Bertz CT molecular complexity index is 992. The highest BCUT2D eigenvalue weighted by Crippen LogP contribution is 2.26. The summed E-state index contributed by atoms with van der Waals surface area (Å²) in [4.78, 5) is 17.1. The van der Waals surface area contributed by atoms with Gasteiger partial charge in [0.2, 0.25) is 0 Å². The fourth-order valence-electron chi connectivity index (χ4n) is 3.51. The SMILES string of the molecule is O=C(NCCN(c1ccccc1)c1ccccc1)N(c1ccccc1)c1ccccc1. The number of carbonyl (C=O) groups is 1. The quantitative estimate of drug-likeness (QED) is 0.386. The highest BCUT2D eigenvalue weighted by atomic mass is 16.2. The first-order chi connectivity index (χ1) is 15.3. The molecule has 0 aliphatic carbocycles. The highest BCUT2D eigenvalue weighted by Gasteiger charge is 2.18. The van der Waals surface area contributed by atoms with E-state index in [2.05, 4.69) is 34.5 Å². The van der Waals surface area contributed by atoms with Gasteiger partial charge in [-0.2, -0.15) is 0 Å². The van der Waals surface area contributed by atoms with E-state index >= 15 is 0 Å². The number of benzene rings is 4. The van der Waals surface area contributed by atoms with Crippen molar-refractivity contribution in [1.29, 1.82) is 0 Å². The molecule has 4 rings (SSSR count). The molecule has 0 bridgehead atoms. The first kappa shape index (κ1) is 20.2. The van der Waals surface area contributed by atoms with Crippen molar-refractivity contribution in [2.75, 3.05) is 22.9 Å². The fourth-order valence-corrected chi connectivity index (χ4v) is 3.51. The van der Waals surface area contributed by atoms with Crippen LogP contribution in [0.4, 0.5) is 27.5 Å². The third kappa shape index (κ3) is 5.11. The zero-order valence-corrected chi connectivity index (χ0v) is 17.3. The van der Waals surface area contributed by atoms with Crippen LogP contribution in [0, 0.1) is 0 Å². The van der Waals surface area contributed by atoms with Gasteiger partial charge in [0.15, 0.2) is 0 Å². The molecule has 4 nitrogen and oxygen atoms in total. The van der Waals surface area contributed by atoms with Gasteiger partial charge in [-0.1, -0.05) is 72.8 Å². The number of rotatable bonds is 7. The van der Waals surface area contributed by atoms with Crippen molar-refractivity contribution in [3.05, 3.63) is 121 Å². The summed E-state index contributed by atoms with van der Waals surface area (Å²) in [5.41, 5.74) is 3.83. The van der Waals surface area contributed by atoms with E-state index in [9.17, 15) is 4.79 Å². The second-order valence-corrected chi connectivity index (χ2v) is 7.06. The maximum atomic E-state index is 13.2. The maximum absolute atomic E-state index is 13.2. The zero-order valence-electron chi connectivity index (χ0n) is 17.3. The van der Waals surface area contributed by atoms with E-state index in [1.165, 1.54) is 0 Å². The third-order valence-electron chi connectivity index (χ3n) is 4.98. The Morgan fingerprint density at radius 3 is 1.29 bits per heavy atom. The Morgan fingerprint density at radius 1 is 0.548 bits per heavy atom. The van der Waals surface area contributed by atoms with Crippen molar-refractivity contribution < 1.29 is 4.79 Å². The fraction of sp³-hybridized carbons (Fsp3) is 0.0741. The van der Waals surface area contributed by atoms with Crippen LogP contribution in [-0.4, -0.2) is 19.1 Å².